The van der Waals surface area contributed by atoms with Crippen LogP contribution in [0.1, 0.15) is 38.1 Å². The lowest BCUT2D eigenvalue weighted by molar-refractivity contribution is 0.342. The van der Waals surface area contributed by atoms with Crippen LogP contribution in [0, 0.1) is 0 Å². The fourth-order valence-corrected chi connectivity index (χ4v) is 1.80. The average Bonchev–Trinajstić information content (AvgIpc) is 2.14. The van der Waals surface area contributed by atoms with E-state index in [4.69, 9.17) is 10.5 Å². The minimum Gasteiger partial charge on any atom is -0.496 e. The van der Waals surface area contributed by atoms with Gasteiger partial charge >= 0.3 is 0 Å². The van der Waals surface area contributed by atoms with E-state index in [-0.39, 0.29) is 5.54 Å². The van der Waals surface area contributed by atoms with Crippen LogP contribution in [0.3, 0.4) is 0 Å². The third-order valence-corrected chi connectivity index (χ3v) is 2.41. The molecule has 1 unspecified atom stereocenters. The van der Waals surface area contributed by atoms with E-state index in [1.54, 1.807) is 13.2 Å². The molecule has 1 aromatic rings. The zero-order valence-corrected chi connectivity index (χ0v) is 10.4. The molecule has 0 spiro atoms. The Balaban J connectivity index is 3.14. The molecule has 0 heterocycles. The summed E-state index contributed by atoms with van der Waals surface area (Å²) in [6, 6.07) is 5.52. The van der Waals surface area contributed by atoms with Crippen LogP contribution in [0.15, 0.2) is 18.2 Å². The van der Waals surface area contributed by atoms with Gasteiger partial charge in [0.1, 0.15) is 11.9 Å². The van der Waals surface area contributed by atoms with Crippen molar-refractivity contribution < 1.29 is 9.13 Å². The average molecular weight is 225 g/mol. The largest absolute Gasteiger partial charge is 0.496 e. The van der Waals surface area contributed by atoms with Gasteiger partial charge in [-0.05, 0) is 32.8 Å². The predicted molar refractivity (Wildman–Crippen MR) is 64.5 cm³/mol. The van der Waals surface area contributed by atoms with Crippen LogP contribution in [0.5, 0.6) is 5.75 Å². The SMILES string of the molecule is COc1c(CC(C)(C)N)cccc1C(C)F. The molecule has 0 saturated heterocycles. The molecular weight excluding hydrogens is 205 g/mol. The van der Waals surface area contributed by atoms with Gasteiger partial charge in [-0.15, -0.1) is 0 Å². The standard InChI is InChI=1S/C13H20FNO/c1-9(14)11-7-5-6-10(12(11)16-4)8-13(2,3)15/h5-7,9H,8,15H2,1-4H3. The molecule has 2 nitrogen and oxygen atoms in total. The Bertz CT molecular complexity index is 355. The van der Waals surface area contributed by atoms with Crippen LogP contribution in [0.4, 0.5) is 4.39 Å². The maximum absolute atomic E-state index is 13.4. The zero-order chi connectivity index (χ0) is 12.3. The molecule has 3 heteroatoms. The summed E-state index contributed by atoms with van der Waals surface area (Å²) in [5.74, 6) is 0.621. The van der Waals surface area contributed by atoms with Gasteiger partial charge in [0.05, 0.1) is 7.11 Å². The molecule has 0 bridgehead atoms. The summed E-state index contributed by atoms with van der Waals surface area (Å²) in [6.45, 7) is 5.39. The molecule has 1 aromatic carbocycles. The monoisotopic (exact) mass is 225 g/mol. The number of methoxy groups -OCH3 is 1. The van der Waals surface area contributed by atoms with E-state index in [9.17, 15) is 4.39 Å². The molecule has 1 atom stereocenters. The highest BCUT2D eigenvalue weighted by molar-refractivity contribution is 5.43. The fraction of sp³-hybridized carbons (Fsp3) is 0.538. The molecule has 0 aliphatic heterocycles. The minimum atomic E-state index is -1.03. The van der Waals surface area contributed by atoms with Gasteiger partial charge in [-0.1, -0.05) is 18.2 Å². The number of benzene rings is 1. The van der Waals surface area contributed by atoms with Crippen molar-refractivity contribution in [2.75, 3.05) is 7.11 Å². The molecule has 0 aliphatic carbocycles. The maximum Gasteiger partial charge on any atom is 0.128 e. The quantitative estimate of drug-likeness (QED) is 0.855. The number of para-hydroxylation sites is 1. The van der Waals surface area contributed by atoms with Crippen LogP contribution in [-0.2, 0) is 6.42 Å². The summed E-state index contributed by atoms with van der Waals surface area (Å²) < 4.78 is 18.7. The van der Waals surface area contributed by atoms with Gasteiger partial charge < -0.3 is 10.5 Å². The summed E-state index contributed by atoms with van der Waals surface area (Å²) in [4.78, 5) is 0. The van der Waals surface area contributed by atoms with Crippen LogP contribution in [0.25, 0.3) is 0 Å². The van der Waals surface area contributed by atoms with Gasteiger partial charge in [0, 0.05) is 11.1 Å². The second kappa shape index (κ2) is 4.83. The van der Waals surface area contributed by atoms with Gasteiger partial charge in [0.15, 0.2) is 0 Å². The predicted octanol–water partition coefficient (Wildman–Crippen LogP) is 3.01. The highest BCUT2D eigenvalue weighted by Crippen LogP contribution is 2.32. The van der Waals surface area contributed by atoms with E-state index in [2.05, 4.69) is 0 Å². The summed E-state index contributed by atoms with van der Waals surface area (Å²) >= 11 is 0. The Labute approximate surface area is 96.6 Å². The van der Waals surface area contributed by atoms with Gasteiger partial charge in [-0.3, -0.25) is 0 Å². The summed E-state index contributed by atoms with van der Waals surface area (Å²) in [6.07, 6.45) is -0.368. The van der Waals surface area contributed by atoms with Crippen molar-refractivity contribution in [3.63, 3.8) is 0 Å². The summed E-state index contributed by atoms with van der Waals surface area (Å²) in [7, 11) is 1.56. The van der Waals surface area contributed by atoms with Crippen molar-refractivity contribution in [2.24, 2.45) is 5.73 Å². The molecule has 1 rings (SSSR count). The Morgan fingerprint density at radius 1 is 1.44 bits per heavy atom. The maximum atomic E-state index is 13.4. The number of nitrogens with two attached hydrogens (primary N) is 1. The second-order valence-corrected chi connectivity index (χ2v) is 4.82. The van der Waals surface area contributed by atoms with Crippen molar-refractivity contribution in [1.29, 1.82) is 0 Å². The van der Waals surface area contributed by atoms with E-state index in [0.29, 0.717) is 17.7 Å². The smallest absolute Gasteiger partial charge is 0.128 e. The molecule has 0 saturated carbocycles. The molecule has 2 N–H and O–H groups in total. The fourth-order valence-electron chi connectivity index (χ4n) is 1.80. The number of halogens is 1. The first-order chi connectivity index (χ1) is 7.35. The molecular formula is C13H20FNO. The molecule has 0 amide bonds. The molecule has 16 heavy (non-hydrogen) atoms. The van der Waals surface area contributed by atoms with Gasteiger partial charge in [0.2, 0.25) is 0 Å². The number of rotatable bonds is 4. The van der Waals surface area contributed by atoms with Crippen LogP contribution >= 0.6 is 0 Å². The number of hydrogen-bond acceptors (Lipinski definition) is 2. The third kappa shape index (κ3) is 3.20. The van der Waals surface area contributed by atoms with Gasteiger partial charge in [0.25, 0.3) is 0 Å². The van der Waals surface area contributed by atoms with Gasteiger partial charge in [-0.25, -0.2) is 4.39 Å². The lowest BCUT2D eigenvalue weighted by atomic mass is 9.93. The van der Waals surface area contributed by atoms with E-state index in [0.717, 1.165) is 5.56 Å². The number of hydrogen-bond donors (Lipinski definition) is 1. The minimum absolute atomic E-state index is 0.328. The van der Waals surface area contributed by atoms with Gasteiger partial charge in [-0.2, -0.15) is 0 Å². The normalized spacial score (nSPS) is 13.6. The van der Waals surface area contributed by atoms with Crippen LogP contribution < -0.4 is 10.5 Å². The van der Waals surface area contributed by atoms with Crippen molar-refractivity contribution in [3.05, 3.63) is 29.3 Å². The first kappa shape index (κ1) is 13.0. The number of ether oxygens (including phenoxy) is 1. The summed E-state index contributed by atoms with van der Waals surface area (Å²) in [5, 5.41) is 0. The van der Waals surface area contributed by atoms with E-state index < -0.39 is 6.17 Å². The van der Waals surface area contributed by atoms with Crippen molar-refractivity contribution in [3.8, 4) is 5.75 Å². The first-order valence-corrected chi connectivity index (χ1v) is 5.44. The third-order valence-electron chi connectivity index (χ3n) is 2.41. The molecule has 0 radical (unpaired) electrons. The molecule has 0 aromatic heterocycles. The summed E-state index contributed by atoms with van der Waals surface area (Å²) in [5.41, 5.74) is 7.18. The molecule has 90 valence electrons. The highest BCUT2D eigenvalue weighted by atomic mass is 19.1. The van der Waals surface area contributed by atoms with Crippen LogP contribution in [-0.4, -0.2) is 12.6 Å². The second-order valence-electron chi connectivity index (χ2n) is 4.82. The zero-order valence-electron chi connectivity index (χ0n) is 10.4. The van der Waals surface area contributed by atoms with E-state index in [1.165, 1.54) is 6.92 Å². The first-order valence-electron chi connectivity index (χ1n) is 5.44. The Morgan fingerprint density at radius 2 is 2.06 bits per heavy atom. The van der Waals surface area contributed by atoms with Crippen molar-refractivity contribution in [2.45, 2.75) is 38.9 Å². The van der Waals surface area contributed by atoms with Crippen molar-refractivity contribution in [1.82, 2.24) is 0 Å². The molecule has 0 fully saturated rings. The topological polar surface area (TPSA) is 35.2 Å². The highest BCUT2D eigenvalue weighted by Gasteiger charge is 2.18. The Hall–Kier alpha value is -1.09. The lowest BCUT2D eigenvalue weighted by Gasteiger charge is -2.21. The van der Waals surface area contributed by atoms with E-state index in [1.807, 2.05) is 26.0 Å². The number of alkyl halides is 1. The van der Waals surface area contributed by atoms with E-state index >= 15 is 0 Å². The molecule has 0 aliphatic rings. The van der Waals surface area contributed by atoms with Crippen molar-refractivity contribution >= 4 is 0 Å². The Morgan fingerprint density at radius 3 is 2.50 bits per heavy atom. The Kier molecular flexibility index (Phi) is 3.92. The lowest BCUT2D eigenvalue weighted by Crippen LogP contribution is -2.34. The van der Waals surface area contributed by atoms with Crippen LogP contribution in [0.2, 0.25) is 0 Å².